The van der Waals surface area contributed by atoms with E-state index in [-0.39, 0.29) is 0 Å². The van der Waals surface area contributed by atoms with E-state index < -0.39 is 0 Å². The van der Waals surface area contributed by atoms with Crippen molar-refractivity contribution in [2.24, 2.45) is 0 Å². The largest absolute Gasteiger partial charge is 0.342 e. The Balaban J connectivity index is 1.90. The summed E-state index contributed by atoms with van der Waals surface area (Å²) in [5, 5.41) is 3.41. The molecule has 0 saturated carbocycles. The Morgan fingerprint density at radius 3 is 2.31 bits per heavy atom. The lowest BCUT2D eigenvalue weighted by atomic mass is 10.1. The summed E-state index contributed by atoms with van der Waals surface area (Å²) in [4.78, 5) is 3.87. The maximum absolute atomic E-state index is 6.11. The van der Waals surface area contributed by atoms with Gasteiger partial charge in [-0.1, -0.05) is 53.7 Å². The van der Waals surface area contributed by atoms with E-state index in [1.54, 1.807) is 0 Å². The number of aromatic nitrogens is 1. The second kappa shape index (κ2) is 8.03. The van der Waals surface area contributed by atoms with Crippen LogP contribution in [0.15, 0.2) is 59.6 Å². The van der Waals surface area contributed by atoms with Crippen LogP contribution in [0.4, 0.5) is 5.13 Å². The zero-order valence-electron chi connectivity index (χ0n) is 14.8. The van der Waals surface area contributed by atoms with E-state index in [1.807, 2.05) is 35.2 Å². The topological polar surface area (TPSA) is 7.12 Å². The third-order valence-corrected chi connectivity index (χ3v) is 7.13. The van der Waals surface area contributed by atoms with Gasteiger partial charge in [-0.15, -0.1) is 0 Å². The normalized spacial score (nSPS) is 14.6. The second-order valence-electron chi connectivity index (χ2n) is 6.45. The zero-order chi connectivity index (χ0) is 17.9. The lowest BCUT2D eigenvalue weighted by Gasteiger charge is -2.21. The van der Waals surface area contributed by atoms with Crippen LogP contribution in [0.2, 0.25) is 5.02 Å². The van der Waals surface area contributed by atoms with Crippen LogP contribution in [0.1, 0.15) is 19.3 Å². The van der Waals surface area contributed by atoms with Crippen LogP contribution >= 0.6 is 34.7 Å². The van der Waals surface area contributed by atoms with Crippen LogP contribution in [-0.2, 0) is 0 Å². The number of thiazole rings is 1. The lowest BCUT2D eigenvalue weighted by Crippen LogP contribution is -2.41. The fourth-order valence-electron chi connectivity index (χ4n) is 3.43. The molecule has 0 aliphatic carbocycles. The molecule has 5 heteroatoms. The molecule has 0 N–H and O–H groups in total. The first-order valence-corrected chi connectivity index (χ1v) is 11.4. The van der Waals surface area contributed by atoms with E-state index in [0.29, 0.717) is 0 Å². The van der Waals surface area contributed by atoms with E-state index in [4.69, 9.17) is 11.6 Å². The maximum atomic E-state index is 6.11. The molecule has 0 unspecified atom stereocenters. The molecule has 4 rings (SSSR count). The van der Waals surface area contributed by atoms with Crippen molar-refractivity contribution < 1.29 is 4.57 Å². The van der Waals surface area contributed by atoms with Crippen LogP contribution in [-0.4, -0.2) is 19.3 Å². The third kappa shape index (κ3) is 3.51. The van der Waals surface area contributed by atoms with Gasteiger partial charge in [-0.25, -0.2) is 0 Å². The van der Waals surface area contributed by atoms with Gasteiger partial charge in [0.2, 0.25) is 0 Å². The predicted octanol–water partition coefficient (Wildman–Crippen LogP) is 6.06. The first kappa shape index (κ1) is 17.9. The highest BCUT2D eigenvalue weighted by Gasteiger charge is 2.31. The molecule has 26 heavy (non-hydrogen) atoms. The van der Waals surface area contributed by atoms with Crippen molar-refractivity contribution in [1.29, 1.82) is 0 Å². The molecule has 0 atom stereocenters. The molecule has 2 heterocycles. The fourth-order valence-corrected chi connectivity index (χ4v) is 5.88. The highest BCUT2D eigenvalue weighted by atomic mass is 35.5. The van der Waals surface area contributed by atoms with Gasteiger partial charge in [-0.05, 0) is 66.7 Å². The standard InChI is InChI=1S/C21H22ClN2S2/c1-25-20-19(16-10-12-17(22)13-11-16)26-21(23-14-6-3-7-15-23)24(20)18-8-4-2-5-9-18/h2,4-5,8-13H,3,6-7,14-15H2,1H3/q+1. The number of hydrogen-bond acceptors (Lipinski definition) is 3. The van der Waals surface area contributed by atoms with Crippen molar-refractivity contribution in [2.75, 3.05) is 24.2 Å². The number of hydrogen-bond donors (Lipinski definition) is 0. The smallest absolute Gasteiger partial charge is 0.252 e. The van der Waals surface area contributed by atoms with Gasteiger partial charge in [0.05, 0.1) is 18.0 Å². The summed E-state index contributed by atoms with van der Waals surface area (Å²) in [5.41, 5.74) is 2.46. The van der Waals surface area contributed by atoms with Gasteiger partial charge in [0.25, 0.3) is 0 Å². The SMILES string of the molecule is CSc1c(-c2ccc(Cl)cc2)sc(N2CCCCC2)[n+]1-c1ccccc1. The Kier molecular flexibility index (Phi) is 5.53. The van der Waals surface area contributed by atoms with Crippen molar-refractivity contribution in [3.63, 3.8) is 0 Å². The fraction of sp³-hybridized carbons (Fsp3) is 0.286. The average Bonchev–Trinajstić information content (AvgIpc) is 3.09. The highest BCUT2D eigenvalue weighted by Crippen LogP contribution is 2.39. The van der Waals surface area contributed by atoms with Gasteiger partial charge in [0.15, 0.2) is 5.03 Å². The minimum absolute atomic E-state index is 0.781. The van der Waals surface area contributed by atoms with E-state index >= 15 is 0 Å². The van der Waals surface area contributed by atoms with Gasteiger partial charge in [-0.3, -0.25) is 4.90 Å². The summed E-state index contributed by atoms with van der Waals surface area (Å²) >= 11 is 9.82. The average molecular weight is 402 g/mol. The molecule has 134 valence electrons. The summed E-state index contributed by atoms with van der Waals surface area (Å²) < 4.78 is 2.44. The minimum Gasteiger partial charge on any atom is -0.252 e. The Bertz CT molecular complexity index is 869. The van der Waals surface area contributed by atoms with Crippen LogP contribution < -0.4 is 9.47 Å². The molecule has 1 aliphatic heterocycles. The maximum Gasteiger partial charge on any atom is 0.342 e. The van der Waals surface area contributed by atoms with Crippen molar-refractivity contribution in [2.45, 2.75) is 24.3 Å². The first-order chi connectivity index (χ1) is 12.8. The van der Waals surface area contributed by atoms with Gasteiger partial charge < -0.3 is 0 Å². The van der Waals surface area contributed by atoms with Gasteiger partial charge in [-0.2, -0.15) is 4.57 Å². The number of para-hydroxylation sites is 1. The number of halogens is 1. The number of anilines is 1. The summed E-state index contributed by atoms with van der Waals surface area (Å²) in [6, 6.07) is 18.9. The minimum atomic E-state index is 0.781. The second-order valence-corrected chi connectivity index (χ2v) is 8.66. The van der Waals surface area contributed by atoms with Crippen LogP contribution in [0.25, 0.3) is 16.1 Å². The molecule has 2 nitrogen and oxygen atoms in total. The number of thioether (sulfide) groups is 1. The van der Waals surface area contributed by atoms with E-state index in [2.05, 4.69) is 58.2 Å². The molecule has 0 spiro atoms. The number of nitrogens with zero attached hydrogens (tertiary/aromatic N) is 2. The summed E-state index contributed by atoms with van der Waals surface area (Å²) in [7, 11) is 0. The molecule has 0 amide bonds. The first-order valence-electron chi connectivity index (χ1n) is 8.97. The van der Waals surface area contributed by atoms with E-state index in [1.165, 1.54) is 45.5 Å². The highest BCUT2D eigenvalue weighted by molar-refractivity contribution is 7.98. The summed E-state index contributed by atoms with van der Waals surface area (Å²) in [5.74, 6) is 0. The molecule has 1 aromatic heterocycles. The Morgan fingerprint density at radius 1 is 0.962 bits per heavy atom. The third-order valence-electron chi connectivity index (χ3n) is 4.72. The molecule has 3 aromatic rings. The number of piperidine rings is 1. The molecule has 0 radical (unpaired) electrons. The molecular weight excluding hydrogens is 380 g/mol. The molecule has 0 bridgehead atoms. The Labute approximate surface area is 168 Å². The van der Waals surface area contributed by atoms with Gasteiger partial charge >= 0.3 is 5.13 Å². The van der Waals surface area contributed by atoms with E-state index in [9.17, 15) is 0 Å². The Morgan fingerprint density at radius 2 is 1.65 bits per heavy atom. The van der Waals surface area contributed by atoms with E-state index in [0.717, 1.165) is 18.1 Å². The van der Waals surface area contributed by atoms with Gasteiger partial charge in [0, 0.05) is 5.02 Å². The van der Waals surface area contributed by atoms with Crippen molar-refractivity contribution >= 4 is 39.8 Å². The summed E-state index contributed by atoms with van der Waals surface area (Å²) in [6.07, 6.45) is 6.06. The Hall–Kier alpha value is -1.49. The van der Waals surface area contributed by atoms with Crippen LogP contribution in [0.3, 0.4) is 0 Å². The summed E-state index contributed by atoms with van der Waals surface area (Å²) in [6.45, 7) is 2.28. The molecular formula is C21H22ClN2S2+. The molecule has 1 saturated heterocycles. The molecule has 1 aliphatic rings. The molecule has 1 fully saturated rings. The van der Waals surface area contributed by atoms with Crippen molar-refractivity contribution in [3.8, 4) is 16.1 Å². The number of rotatable bonds is 4. The zero-order valence-corrected chi connectivity index (χ0v) is 17.2. The monoisotopic (exact) mass is 401 g/mol. The molecule has 2 aromatic carbocycles. The lowest BCUT2D eigenvalue weighted by molar-refractivity contribution is -0.617. The van der Waals surface area contributed by atoms with Crippen molar-refractivity contribution in [3.05, 3.63) is 59.6 Å². The van der Waals surface area contributed by atoms with Crippen LogP contribution in [0.5, 0.6) is 0 Å². The predicted molar refractivity (Wildman–Crippen MR) is 114 cm³/mol. The van der Waals surface area contributed by atoms with Crippen LogP contribution in [0, 0.1) is 0 Å². The quantitative estimate of drug-likeness (QED) is 0.387. The van der Waals surface area contributed by atoms with Gasteiger partial charge in [0.1, 0.15) is 5.69 Å². The number of benzene rings is 2. The van der Waals surface area contributed by atoms with Crippen molar-refractivity contribution in [1.82, 2.24) is 0 Å².